The largest absolute Gasteiger partial charge is 0.417 e. The van der Waals surface area contributed by atoms with Gasteiger partial charge < -0.3 is 9.15 Å². The van der Waals surface area contributed by atoms with Crippen molar-refractivity contribution in [2.24, 2.45) is 0 Å². The molecule has 0 fully saturated rings. The van der Waals surface area contributed by atoms with Crippen LogP contribution < -0.4 is 4.74 Å². The van der Waals surface area contributed by atoms with Crippen molar-refractivity contribution in [3.8, 4) is 6.08 Å². The van der Waals surface area contributed by atoms with Gasteiger partial charge in [0.05, 0.1) is 12.1 Å². The van der Waals surface area contributed by atoms with Gasteiger partial charge in [0.15, 0.2) is 0 Å². The van der Waals surface area contributed by atoms with Crippen molar-refractivity contribution in [3.63, 3.8) is 0 Å². The number of benzene rings is 1. The van der Waals surface area contributed by atoms with Crippen LogP contribution in [-0.2, 0) is 10.1 Å². The number of aromatic nitrogens is 1. The van der Waals surface area contributed by atoms with E-state index in [-0.39, 0.29) is 24.4 Å². The fourth-order valence-electron chi connectivity index (χ4n) is 1.69. The first-order valence-electron chi connectivity index (χ1n) is 5.95. The maximum absolute atomic E-state index is 11.8. The van der Waals surface area contributed by atoms with Crippen LogP contribution in [-0.4, -0.2) is 11.0 Å². The summed E-state index contributed by atoms with van der Waals surface area (Å²) in [6.07, 6.45) is 1.74. The Morgan fingerprint density at radius 2 is 2.16 bits per heavy atom. The number of nitrogens with zero attached hydrogens (tertiary/aromatic N) is 1. The lowest BCUT2D eigenvalue weighted by Gasteiger charge is -2.09. The molecule has 0 bridgehead atoms. The number of esters is 1. The van der Waals surface area contributed by atoms with Crippen LogP contribution in [0.5, 0.6) is 6.08 Å². The summed E-state index contributed by atoms with van der Waals surface area (Å²) in [7, 11) is 0. The molecule has 0 spiro atoms. The molecule has 2 aromatic rings. The number of oxazole rings is 1. The Kier molecular flexibility index (Phi) is 4.74. The van der Waals surface area contributed by atoms with Gasteiger partial charge >= 0.3 is 12.0 Å². The van der Waals surface area contributed by atoms with Gasteiger partial charge in [-0.1, -0.05) is 53.2 Å². The standard InChI is InChI=1S/C14H14BrNO3/c1-10(11-5-3-2-4-6-11)7-13(17)19-14-16-12(8-15)9-18-14/h2-6,9-10H,7-8H2,1H3. The molecule has 19 heavy (non-hydrogen) atoms. The molecule has 100 valence electrons. The minimum absolute atomic E-state index is 0.000267. The van der Waals surface area contributed by atoms with Crippen molar-refractivity contribution in [2.75, 3.05) is 0 Å². The van der Waals surface area contributed by atoms with Gasteiger partial charge in [-0.15, -0.1) is 0 Å². The molecule has 4 nitrogen and oxygen atoms in total. The lowest BCUT2D eigenvalue weighted by molar-refractivity contribution is -0.136. The van der Waals surface area contributed by atoms with Gasteiger partial charge in [0, 0.05) is 5.33 Å². The number of hydrogen-bond donors (Lipinski definition) is 0. The highest BCUT2D eigenvalue weighted by molar-refractivity contribution is 9.08. The third-order valence-electron chi connectivity index (χ3n) is 2.71. The number of ether oxygens (including phenoxy) is 1. The van der Waals surface area contributed by atoms with E-state index in [1.54, 1.807) is 0 Å². The Morgan fingerprint density at radius 3 is 2.79 bits per heavy atom. The summed E-state index contributed by atoms with van der Waals surface area (Å²) >= 11 is 3.24. The van der Waals surface area contributed by atoms with Gasteiger partial charge in [0.1, 0.15) is 6.26 Å². The summed E-state index contributed by atoms with van der Waals surface area (Å²) in [6, 6.07) is 9.84. The smallest absolute Gasteiger partial charge is 0.401 e. The Hall–Kier alpha value is -1.62. The zero-order valence-electron chi connectivity index (χ0n) is 10.5. The lowest BCUT2D eigenvalue weighted by Crippen LogP contribution is -2.11. The van der Waals surface area contributed by atoms with Crippen LogP contribution in [0.2, 0.25) is 0 Å². The molecule has 0 saturated carbocycles. The van der Waals surface area contributed by atoms with Gasteiger partial charge in [-0.05, 0) is 11.5 Å². The molecule has 1 heterocycles. The molecule has 0 aliphatic heterocycles. The highest BCUT2D eigenvalue weighted by Crippen LogP contribution is 2.20. The Labute approximate surface area is 119 Å². The van der Waals surface area contributed by atoms with E-state index >= 15 is 0 Å². The molecule has 1 aromatic heterocycles. The van der Waals surface area contributed by atoms with Crippen molar-refractivity contribution in [1.82, 2.24) is 4.98 Å². The van der Waals surface area contributed by atoms with E-state index in [0.29, 0.717) is 11.0 Å². The topological polar surface area (TPSA) is 52.3 Å². The number of carbonyl (C=O) groups excluding carboxylic acids is 1. The van der Waals surface area contributed by atoms with E-state index in [1.807, 2.05) is 37.3 Å². The van der Waals surface area contributed by atoms with Crippen molar-refractivity contribution < 1.29 is 13.9 Å². The number of rotatable bonds is 5. The van der Waals surface area contributed by atoms with E-state index in [4.69, 9.17) is 9.15 Å². The zero-order valence-corrected chi connectivity index (χ0v) is 12.1. The van der Waals surface area contributed by atoms with E-state index in [2.05, 4.69) is 20.9 Å². The lowest BCUT2D eigenvalue weighted by atomic mass is 9.98. The summed E-state index contributed by atoms with van der Waals surface area (Å²) in [6.45, 7) is 1.98. The van der Waals surface area contributed by atoms with Gasteiger partial charge in [0.25, 0.3) is 0 Å². The average Bonchev–Trinajstić information content (AvgIpc) is 2.87. The van der Waals surface area contributed by atoms with Crippen LogP contribution in [0.3, 0.4) is 0 Å². The molecule has 0 amide bonds. The predicted molar refractivity (Wildman–Crippen MR) is 74.2 cm³/mol. The fraction of sp³-hybridized carbons (Fsp3) is 0.286. The van der Waals surface area contributed by atoms with E-state index in [0.717, 1.165) is 5.56 Å². The van der Waals surface area contributed by atoms with Crippen LogP contribution in [0.4, 0.5) is 0 Å². The molecule has 0 aliphatic carbocycles. The van der Waals surface area contributed by atoms with Gasteiger partial charge in [0.2, 0.25) is 0 Å². The number of carbonyl (C=O) groups is 1. The van der Waals surface area contributed by atoms with Gasteiger partial charge in [-0.2, -0.15) is 4.98 Å². The third kappa shape index (κ3) is 3.92. The van der Waals surface area contributed by atoms with E-state index < -0.39 is 0 Å². The van der Waals surface area contributed by atoms with Gasteiger partial charge in [-0.25, -0.2) is 0 Å². The molecule has 1 unspecified atom stereocenters. The van der Waals surface area contributed by atoms with Crippen molar-refractivity contribution in [2.45, 2.75) is 24.6 Å². The maximum atomic E-state index is 11.8. The molecule has 1 atom stereocenters. The third-order valence-corrected chi connectivity index (χ3v) is 3.28. The second-order valence-electron chi connectivity index (χ2n) is 4.23. The molecule has 5 heteroatoms. The SMILES string of the molecule is CC(CC(=O)Oc1nc(CBr)co1)c1ccccc1. The molecule has 0 N–H and O–H groups in total. The van der Waals surface area contributed by atoms with Crippen molar-refractivity contribution in [3.05, 3.63) is 47.9 Å². The minimum atomic E-state index is -0.348. The second-order valence-corrected chi connectivity index (χ2v) is 4.79. The zero-order chi connectivity index (χ0) is 13.7. The Balaban J connectivity index is 1.91. The molecule has 2 rings (SSSR count). The summed E-state index contributed by atoms with van der Waals surface area (Å²) in [4.78, 5) is 15.8. The molecule has 0 saturated heterocycles. The summed E-state index contributed by atoms with van der Waals surface area (Å²) in [5.41, 5.74) is 1.80. The normalized spacial score (nSPS) is 12.1. The van der Waals surface area contributed by atoms with Crippen LogP contribution >= 0.6 is 15.9 Å². The molecule has 1 aromatic carbocycles. The van der Waals surface area contributed by atoms with Crippen LogP contribution in [0.15, 0.2) is 41.0 Å². The highest BCUT2D eigenvalue weighted by Gasteiger charge is 2.15. The minimum Gasteiger partial charge on any atom is -0.417 e. The summed E-state index contributed by atoms with van der Waals surface area (Å²) in [5.74, 6) is -0.251. The van der Waals surface area contributed by atoms with Crippen LogP contribution in [0.1, 0.15) is 30.5 Å². The second kappa shape index (κ2) is 6.52. The van der Waals surface area contributed by atoms with E-state index in [1.165, 1.54) is 6.26 Å². The molecular formula is C14H14BrNO3. The first-order valence-corrected chi connectivity index (χ1v) is 7.07. The molecule has 0 radical (unpaired) electrons. The van der Waals surface area contributed by atoms with Crippen LogP contribution in [0.25, 0.3) is 0 Å². The molecular weight excluding hydrogens is 310 g/mol. The molecule has 0 aliphatic rings. The monoisotopic (exact) mass is 323 g/mol. The first-order chi connectivity index (χ1) is 9.19. The number of alkyl halides is 1. The maximum Gasteiger partial charge on any atom is 0.401 e. The predicted octanol–water partition coefficient (Wildman–Crippen LogP) is 3.67. The van der Waals surface area contributed by atoms with Gasteiger partial charge in [-0.3, -0.25) is 4.79 Å². The highest BCUT2D eigenvalue weighted by atomic mass is 79.9. The van der Waals surface area contributed by atoms with Crippen molar-refractivity contribution in [1.29, 1.82) is 0 Å². The van der Waals surface area contributed by atoms with E-state index in [9.17, 15) is 4.79 Å². The number of halogens is 1. The summed E-state index contributed by atoms with van der Waals surface area (Å²) < 4.78 is 10.1. The first kappa shape index (κ1) is 13.8. The van der Waals surface area contributed by atoms with Crippen molar-refractivity contribution >= 4 is 21.9 Å². The summed E-state index contributed by atoms with van der Waals surface area (Å²) in [5, 5.41) is 0.564. The van der Waals surface area contributed by atoms with Crippen LogP contribution in [0, 0.1) is 0 Å². The Bertz CT molecular complexity index is 539. The Morgan fingerprint density at radius 1 is 1.42 bits per heavy atom. The number of hydrogen-bond acceptors (Lipinski definition) is 4. The quantitative estimate of drug-likeness (QED) is 0.622. The average molecular weight is 324 g/mol. The fourth-order valence-corrected chi connectivity index (χ4v) is 1.94.